The van der Waals surface area contributed by atoms with Gasteiger partial charge in [-0.1, -0.05) is 65.7 Å². The van der Waals surface area contributed by atoms with E-state index in [0.29, 0.717) is 0 Å². The van der Waals surface area contributed by atoms with E-state index in [0.717, 1.165) is 26.3 Å². The van der Waals surface area contributed by atoms with Crippen molar-refractivity contribution in [1.29, 1.82) is 0 Å². The summed E-state index contributed by atoms with van der Waals surface area (Å²) < 4.78 is 5.34. The number of rotatable bonds is 9. The number of nitrogens with zero attached hydrogens (tertiary/aromatic N) is 1. The number of ether oxygens (including phenoxy) is 1. The van der Waals surface area contributed by atoms with Crippen LogP contribution in [0.2, 0.25) is 0 Å². The third-order valence-corrected chi connectivity index (χ3v) is 3.43. The standard InChI is InChI=1S/C14H29NO.C2H6/c1-2-3-4-5-6-7-8-9-10-15-11-13-16-14-12-15;1-2/h2-14H2,1H3;1-2H3. The molecule has 0 bridgehead atoms. The topological polar surface area (TPSA) is 12.5 Å². The Labute approximate surface area is 115 Å². The predicted molar refractivity (Wildman–Crippen MR) is 81.2 cm³/mol. The fraction of sp³-hybridized carbons (Fsp3) is 1.00. The lowest BCUT2D eigenvalue weighted by Gasteiger charge is -2.26. The van der Waals surface area contributed by atoms with Gasteiger partial charge in [-0.15, -0.1) is 0 Å². The maximum Gasteiger partial charge on any atom is 0.0594 e. The Hall–Kier alpha value is -0.0800. The zero-order valence-electron chi connectivity index (χ0n) is 13.0. The highest BCUT2D eigenvalue weighted by molar-refractivity contribution is 4.61. The first-order chi connectivity index (χ1) is 8.93. The van der Waals surface area contributed by atoms with Gasteiger partial charge in [-0.05, 0) is 13.0 Å². The van der Waals surface area contributed by atoms with Crippen molar-refractivity contribution in [1.82, 2.24) is 4.90 Å². The molecule has 0 unspecified atom stereocenters. The lowest BCUT2D eigenvalue weighted by Crippen LogP contribution is -2.36. The van der Waals surface area contributed by atoms with Gasteiger partial charge in [0.15, 0.2) is 0 Å². The minimum atomic E-state index is 0.941. The van der Waals surface area contributed by atoms with Crippen molar-refractivity contribution >= 4 is 0 Å². The molecule has 0 N–H and O–H groups in total. The van der Waals surface area contributed by atoms with Gasteiger partial charge in [-0.25, -0.2) is 0 Å². The zero-order chi connectivity index (χ0) is 13.5. The average molecular weight is 257 g/mol. The van der Waals surface area contributed by atoms with E-state index in [1.807, 2.05) is 13.8 Å². The zero-order valence-corrected chi connectivity index (χ0v) is 13.0. The summed E-state index contributed by atoms with van der Waals surface area (Å²) in [7, 11) is 0. The normalized spacial score (nSPS) is 16.2. The highest BCUT2D eigenvalue weighted by Crippen LogP contribution is 2.09. The van der Waals surface area contributed by atoms with Crippen molar-refractivity contribution in [2.45, 2.75) is 72.1 Å². The van der Waals surface area contributed by atoms with Crippen LogP contribution >= 0.6 is 0 Å². The van der Waals surface area contributed by atoms with E-state index in [9.17, 15) is 0 Å². The van der Waals surface area contributed by atoms with Gasteiger partial charge in [0.1, 0.15) is 0 Å². The second-order valence-corrected chi connectivity index (χ2v) is 4.93. The number of morpholine rings is 1. The molecule has 0 aromatic rings. The molecule has 0 aliphatic carbocycles. The lowest BCUT2D eigenvalue weighted by molar-refractivity contribution is 0.0371. The van der Waals surface area contributed by atoms with Crippen LogP contribution in [0.25, 0.3) is 0 Å². The van der Waals surface area contributed by atoms with E-state index in [1.54, 1.807) is 0 Å². The third-order valence-electron chi connectivity index (χ3n) is 3.43. The molecule has 1 rings (SSSR count). The molecular formula is C16H35NO. The van der Waals surface area contributed by atoms with Crippen LogP contribution in [0.15, 0.2) is 0 Å². The SMILES string of the molecule is CC.CCCCCCCCCCN1CCOCC1. The van der Waals surface area contributed by atoms with Gasteiger partial charge < -0.3 is 4.74 Å². The average Bonchev–Trinajstić information content (AvgIpc) is 2.45. The number of hydrogen-bond donors (Lipinski definition) is 0. The van der Waals surface area contributed by atoms with Crippen LogP contribution in [0.1, 0.15) is 72.1 Å². The molecule has 1 aliphatic rings. The van der Waals surface area contributed by atoms with Crippen LogP contribution in [-0.4, -0.2) is 37.7 Å². The first-order valence-electron chi connectivity index (χ1n) is 8.23. The third kappa shape index (κ3) is 11.0. The van der Waals surface area contributed by atoms with E-state index in [1.165, 1.54) is 57.9 Å². The van der Waals surface area contributed by atoms with Crippen molar-refractivity contribution in [3.05, 3.63) is 0 Å². The minimum Gasteiger partial charge on any atom is -0.379 e. The molecule has 0 saturated carbocycles. The van der Waals surface area contributed by atoms with Crippen molar-refractivity contribution in [3.63, 3.8) is 0 Å². The lowest BCUT2D eigenvalue weighted by atomic mass is 10.1. The van der Waals surface area contributed by atoms with Crippen LogP contribution < -0.4 is 0 Å². The summed E-state index contributed by atoms with van der Waals surface area (Å²) in [5.74, 6) is 0. The summed E-state index contributed by atoms with van der Waals surface area (Å²) in [5.41, 5.74) is 0. The maximum atomic E-state index is 5.34. The predicted octanol–water partition coefficient (Wildman–Crippen LogP) is 4.49. The molecule has 1 heterocycles. The van der Waals surface area contributed by atoms with Gasteiger partial charge in [-0.3, -0.25) is 4.90 Å². The molecule has 0 atom stereocenters. The van der Waals surface area contributed by atoms with Crippen LogP contribution in [-0.2, 0) is 4.74 Å². The van der Waals surface area contributed by atoms with E-state index < -0.39 is 0 Å². The Bertz CT molecular complexity index is 144. The number of unbranched alkanes of at least 4 members (excludes halogenated alkanes) is 7. The Morgan fingerprint density at radius 3 is 1.83 bits per heavy atom. The summed E-state index contributed by atoms with van der Waals surface area (Å²) in [5, 5.41) is 0. The van der Waals surface area contributed by atoms with Gasteiger partial charge in [0.25, 0.3) is 0 Å². The molecule has 0 amide bonds. The molecule has 0 radical (unpaired) electrons. The molecule has 1 saturated heterocycles. The fourth-order valence-corrected chi connectivity index (χ4v) is 2.29. The molecule has 2 heteroatoms. The Morgan fingerprint density at radius 2 is 1.28 bits per heavy atom. The highest BCUT2D eigenvalue weighted by Gasteiger charge is 2.08. The van der Waals surface area contributed by atoms with E-state index in [2.05, 4.69) is 11.8 Å². The molecule has 2 nitrogen and oxygen atoms in total. The molecule has 1 fully saturated rings. The van der Waals surface area contributed by atoms with Gasteiger partial charge in [0, 0.05) is 13.1 Å². The Balaban J connectivity index is 0.00000137. The molecule has 0 spiro atoms. The smallest absolute Gasteiger partial charge is 0.0594 e. The minimum absolute atomic E-state index is 0.941. The summed E-state index contributed by atoms with van der Waals surface area (Å²) in [4.78, 5) is 2.54. The van der Waals surface area contributed by atoms with E-state index in [-0.39, 0.29) is 0 Å². The van der Waals surface area contributed by atoms with E-state index in [4.69, 9.17) is 4.74 Å². The largest absolute Gasteiger partial charge is 0.379 e. The maximum absolute atomic E-state index is 5.34. The van der Waals surface area contributed by atoms with Crippen LogP contribution in [0.5, 0.6) is 0 Å². The molecule has 0 aromatic carbocycles. The molecule has 18 heavy (non-hydrogen) atoms. The van der Waals surface area contributed by atoms with Crippen molar-refractivity contribution in [2.75, 3.05) is 32.8 Å². The summed E-state index contributed by atoms with van der Waals surface area (Å²) in [6.07, 6.45) is 11.4. The molecular weight excluding hydrogens is 222 g/mol. The summed E-state index contributed by atoms with van der Waals surface area (Å²) in [6.45, 7) is 11.8. The van der Waals surface area contributed by atoms with E-state index >= 15 is 0 Å². The Kier molecular flexibility index (Phi) is 14.9. The summed E-state index contributed by atoms with van der Waals surface area (Å²) >= 11 is 0. The second kappa shape index (κ2) is 15.0. The summed E-state index contributed by atoms with van der Waals surface area (Å²) in [6, 6.07) is 0. The first kappa shape index (κ1) is 17.9. The van der Waals surface area contributed by atoms with Gasteiger partial charge in [-0.2, -0.15) is 0 Å². The molecule has 110 valence electrons. The van der Waals surface area contributed by atoms with Gasteiger partial charge in [0.05, 0.1) is 13.2 Å². The molecule has 0 aromatic heterocycles. The van der Waals surface area contributed by atoms with Crippen molar-refractivity contribution < 1.29 is 4.74 Å². The quantitative estimate of drug-likeness (QED) is 0.564. The second-order valence-electron chi connectivity index (χ2n) is 4.93. The van der Waals surface area contributed by atoms with Gasteiger partial charge >= 0.3 is 0 Å². The van der Waals surface area contributed by atoms with Crippen molar-refractivity contribution in [3.8, 4) is 0 Å². The molecule has 1 aliphatic heterocycles. The van der Waals surface area contributed by atoms with Crippen LogP contribution in [0, 0.1) is 0 Å². The fourth-order valence-electron chi connectivity index (χ4n) is 2.29. The van der Waals surface area contributed by atoms with Crippen LogP contribution in [0.4, 0.5) is 0 Å². The van der Waals surface area contributed by atoms with Crippen LogP contribution in [0.3, 0.4) is 0 Å². The van der Waals surface area contributed by atoms with Crippen molar-refractivity contribution in [2.24, 2.45) is 0 Å². The highest BCUT2D eigenvalue weighted by atomic mass is 16.5. The first-order valence-corrected chi connectivity index (χ1v) is 8.23. The Morgan fingerprint density at radius 1 is 0.778 bits per heavy atom. The van der Waals surface area contributed by atoms with Gasteiger partial charge in [0.2, 0.25) is 0 Å². The number of hydrogen-bond acceptors (Lipinski definition) is 2. The monoisotopic (exact) mass is 257 g/mol.